The van der Waals surface area contributed by atoms with Crippen LogP contribution in [0.15, 0.2) is 12.4 Å². The van der Waals surface area contributed by atoms with Gasteiger partial charge in [0.15, 0.2) is 0 Å². The predicted molar refractivity (Wildman–Crippen MR) is 54.6 cm³/mol. The Bertz CT molecular complexity index is 279. The van der Waals surface area contributed by atoms with E-state index in [-0.39, 0.29) is 0 Å². The van der Waals surface area contributed by atoms with Crippen molar-refractivity contribution in [2.24, 2.45) is 0 Å². The third-order valence-corrected chi connectivity index (χ3v) is 2.65. The molecular weight excluding hydrogens is 178 g/mol. The van der Waals surface area contributed by atoms with Crippen LogP contribution < -0.4 is 5.73 Å². The van der Waals surface area contributed by atoms with Crippen LogP contribution in [-0.4, -0.2) is 15.9 Å². The van der Waals surface area contributed by atoms with E-state index in [1.807, 2.05) is 0 Å². The second-order valence-corrected chi connectivity index (χ2v) is 3.87. The maximum atomic E-state index is 5.73. The second-order valence-electron chi connectivity index (χ2n) is 3.87. The summed E-state index contributed by atoms with van der Waals surface area (Å²) in [5.41, 5.74) is 6.24. The molecular formula is C10H17N3O. The van der Waals surface area contributed by atoms with Crippen LogP contribution in [-0.2, 0) is 11.5 Å². The Morgan fingerprint density at radius 3 is 2.86 bits per heavy atom. The van der Waals surface area contributed by atoms with E-state index < -0.39 is 0 Å². The molecule has 2 N–H and O–H groups in total. The van der Waals surface area contributed by atoms with Crippen molar-refractivity contribution in [3.63, 3.8) is 0 Å². The zero-order chi connectivity index (χ0) is 9.80. The van der Waals surface area contributed by atoms with Crippen molar-refractivity contribution >= 4 is 5.69 Å². The lowest BCUT2D eigenvalue weighted by molar-refractivity contribution is -0.0177. The molecule has 1 aliphatic rings. The highest BCUT2D eigenvalue weighted by Gasteiger charge is 2.13. The molecule has 1 fully saturated rings. The van der Waals surface area contributed by atoms with Gasteiger partial charge in [-0.25, -0.2) is 4.68 Å². The lowest BCUT2D eigenvalue weighted by atomic mass is 9.98. The number of aromatic nitrogens is 2. The minimum atomic E-state index is 0.425. The van der Waals surface area contributed by atoms with Gasteiger partial charge in [-0.05, 0) is 12.8 Å². The molecule has 1 aromatic rings. The van der Waals surface area contributed by atoms with Gasteiger partial charge in [0, 0.05) is 0 Å². The van der Waals surface area contributed by atoms with E-state index in [4.69, 9.17) is 10.5 Å². The summed E-state index contributed by atoms with van der Waals surface area (Å²) in [4.78, 5) is 0. The summed E-state index contributed by atoms with van der Waals surface area (Å²) in [5.74, 6) is 0. The van der Waals surface area contributed by atoms with Crippen LogP contribution >= 0.6 is 0 Å². The predicted octanol–water partition coefficient (Wildman–Crippen LogP) is 1.77. The van der Waals surface area contributed by atoms with Crippen molar-refractivity contribution in [1.82, 2.24) is 9.78 Å². The van der Waals surface area contributed by atoms with Crippen molar-refractivity contribution in [2.45, 2.75) is 44.9 Å². The fraction of sp³-hybridized carbons (Fsp3) is 0.700. The highest BCUT2D eigenvalue weighted by atomic mass is 16.5. The summed E-state index contributed by atoms with van der Waals surface area (Å²) in [7, 11) is 0. The Morgan fingerprint density at radius 1 is 1.43 bits per heavy atom. The number of ether oxygens (including phenoxy) is 1. The monoisotopic (exact) mass is 195 g/mol. The Kier molecular flexibility index (Phi) is 3.03. The first kappa shape index (κ1) is 9.52. The van der Waals surface area contributed by atoms with Gasteiger partial charge in [0.2, 0.25) is 0 Å². The molecule has 0 atom stereocenters. The standard InChI is InChI=1S/C10H17N3O/c11-9-6-12-13(7-9)8-14-10-4-2-1-3-5-10/h6-7,10H,1-5,8,11H2. The van der Waals surface area contributed by atoms with Gasteiger partial charge in [0.25, 0.3) is 0 Å². The van der Waals surface area contributed by atoms with E-state index in [1.54, 1.807) is 17.1 Å². The van der Waals surface area contributed by atoms with Crippen LogP contribution in [0.5, 0.6) is 0 Å². The molecule has 0 amide bonds. The first-order chi connectivity index (χ1) is 6.84. The maximum absolute atomic E-state index is 5.73. The zero-order valence-corrected chi connectivity index (χ0v) is 8.35. The van der Waals surface area contributed by atoms with Gasteiger partial charge in [-0.2, -0.15) is 5.10 Å². The summed E-state index contributed by atoms with van der Waals surface area (Å²) < 4.78 is 7.47. The first-order valence-electron chi connectivity index (χ1n) is 5.24. The number of anilines is 1. The number of nitrogens with two attached hydrogens (primary N) is 1. The van der Waals surface area contributed by atoms with E-state index in [2.05, 4.69) is 5.10 Å². The molecule has 0 spiro atoms. The van der Waals surface area contributed by atoms with Gasteiger partial charge in [-0.1, -0.05) is 19.3 Å². The lowest BCUT2D eigenvalue weighted by Gasteiger charge is -2.21. The highest BCUT2D eigenvalue weighted by molar-refractivity contribution is 5.30. The Morgan fingerprint density at radius 2 is 2.21 bits per heavy atom. The molecule has 0 aromatic carbocycles. The Labute approximate surface area is 84.0 Å². The molecule has 4 nitrogen and oxygen atoms in total. The molecule has 0 saturated heterocycles. The smallest absolute Gasteiger partial charge is 0.139 e. The highest BCUT2D eigenvalue weighted by Crippen LogP contribution is 2.20. The van der Waals surface area contributed by atoms with Crippen molar-refractivity contribution < 1.29 is 4.74 Å². The third kappa shape index (κ3) is 2.48. The largest absolute Gasteiger partial charge is 0.396 e. The Balaban J connectivity index is 1.76. The quantitative estimate of drug-likeness (QED) is 0.799. The number of hydrogen-bond donors (Lipinski definition) is 1. The molecule has 78 valence electrons. The van der Waals surface area contributed by atoms with Gasteiger partial charge in [0.05, 0.1) is 24.2 Å². The third-order valence-electron chi connectivity index (χ3n) is 2.65. The van der Waals surface area contributed by atoms with Crippen molar-refractivity contribution in [1.29, 1.82) is 0 Å². The van der Waals surface area contributed by atoms with E-state index in [0.717, 1.165) is 0 Å². The normalized spacial score (nSPS) is 18.6. The molecule has 4 heteroatoms. The summed E-state index contributed by atoms with van der Waals surface area (Å²) in [5, 5.41) is 4.07. The van der Waals surface area contributed by atoms with Crippen molar-refractivity contribution in [3.8, 4) is 0 Å². The number of hydrogen-bond acceptors (Lipinski definition) is 3. The molecule has 0 aliphatic heterocycles. The van der Waals surface area contributed by atoms with Crippen molar-refractivity contribution in [3.05, 3.63) is 12.4 Å². The molecule has 0 bridgehead atoms. The topological polar surface area (TPSA) is 53.1 Å². The molecule has 14 heavy (non-hydrogen) atoms. The van der Waals surface area contributed by atoms with Crippen LogP contribution in [0.4, 0.5) is 5.69 Å². The first-order valence-corrected chi connectivity index (χ1v) is 5.24. The Hall–Kier alpha value is -1.03. The lowest BCUT2D eigenvalue weighted by Crippen LogP contribution is -2.18. The van der Waals surface area contributed by atoms with E-state index in [1.165, 1.54) is 32.1 Å². The van der Waals surface area contributed by atoms with E-state index in [9.17, 15) is 0 Å². The maximum Gasteiger partial charge on any atom is 0.139 e. The number of nitrogens with zero attached hydrogens (tertiary/aromatic N) is 2. The van der Waals surface area contributed by atoms with E-state index in [0.29, 0.717) is 18.5 Å². The molecule has 1 aromatic heterocycles. The summed E-state index contributed by atoms with van der Waals surface area (Å²) in [6.07, 6.45) is 10.2. The summed E-state index contributed by atoms with van der Waals surface area (Å²) >= 11 is 0. The fourth-order valence-corrected chi connectivity index (χ4v) is 1.86. The van der Waals surface area contributed by atoms with Crippen LogP contribution in [0, 0.1) is 0 Å². The summed E-state index contributed by atoms with van der Waals surface area (Å²) in [6.45, 7) is 0.530. The fourth-order valence-electron chi connectivity index (χ4n) is 1.86. The molecule has 1 saturated carbocycles. The van der Waals surface area contributed by atoms with Gasteiger partial charge < -0.3 is 10.5 Å². The van der Waals surface area contributed by atoms with Gasteiger partial charge in [-0.3, -0.25) is 0 Å². The molecule has 2 rings (SSSR count). The van der Waals surface area contributed by atoms with E-state index >= 15 is 0 Å². The zero-order valence-electron chi connectivity index (χ0n) is 8.35. The second kappa shape index (κ2) is 4.46. The van der Waals surface area contributed by atoms with Gasteiger partial charge in [-0.15, -0.1) is 0 Å². The average molecular weight is 195 g/mol. The SMILES string of the molecule is Nc1cnn(COC2CCCCC2)c1. The minimum absolute atomic E-state index is 0.425. The minimum Gasteiger partial charge on any atom is -0.396 e. The van der Waals surface area contributed by atoms with Crippen LogP contribution in [0.3, 0.4) is 0 Å². The van der Waals surface area contributed by atoms with Crippen molar-refractivity contribution in [2.75, 3.05) is 5.73 Å². The van der Waals surface area contributed by atoms with Gasteiger partial charge >= 0.3 is 0 Å². The van der Waals surface area contributed by atoms with Crippen LogP contribution in [0.25, 0.3) is 0 Å². The number of nitrogen functional groups attached to an aromatic ring is 1. The number of rotatable bonds is 3. The molecule has 1 aliphatic carbocycles. The van der Waals surface area contributed by atoms with Crippen LogP contribution in [0.1, 0.15) is 32.1 Å². The van der Waals surface area contributed by atoms with Gasteiger partial charge in [0.1, 0.15) is 6.73 Å². The van der Waals surface area contributed by atoms with Crippen LogP contribution in [0.2, 0.25) is 0 Å². The molecule has 1 heterocycles. The average Bonchev–Trinajstić information content (AvgIpc) is 2.63. The molecule has 0 radical (unpaired) electrons. The molecule has 0 unspecified atom stereocenters. The summed E-state index contributed by atoms with van der Waals surface area (Å²) in [6, 6.07) is 0.